The Bertz CT molecular complexity index is 1980. The van der Waals surface area contributed by atoms with Crippen molar-refractivity contribution < 1.29 is 59.0 Å². The molecule has 3 N–H and O–H groups in total. The van der Waals surface area contributed by atoms with E-state index in [0.29, 0.717) is 39.4 Å². The molecule has 0 spiro atoms. The van der Waals surface area contributed by atoms with Crippen LogP contribution < -0.4 is 5.73 Å². The zero-order chi connectivity index (χ0) is 40.0. The Labute approximate surface area is 316 Å². The third-order valence-corrected chi connectivity index (χ3v) is 10.7. The van der Waals surface area contributed by atoms with E-state index in [4.69, 9.17) is 22.4 Å². The molecule has 3 aromatic carbocycles. The maximum Gasteiger partial charge on any atom is 0.426 e. The number of benzene rings is 3. The van der Waals surface area contributed by atoms with Crippen LogP contribution in [0, 0.1) is 0 Å². The van der Waals surface area contributed by atoms with Gasteiger partial charge in [0.25, 0.3) is 11.1 Å². The fourth-order valence-corrected chi connectivity index (χ4v) is 7.46. The molecule has 3 heterocycles. The number of alkyl halides is 9. The first-order valence-corrected chi connectivity index (χ1v) is 17.5. The Balaban J connectivity index is 0.000000180. The molecule has 0 aliphatic rings. The van der Waals surface area contributed by atoms with E-state index in [1.54, 1.807) is 78.9 Å². The fraction of sp³-hybridized carbons (Fsp3) is 0.0833. The van der Waals surface area contributed by atoms with Crippen molar-refractivity contribution in [1.82, 2.24) is 0 Å². The van der Waals surface area contributed by atoms with Crippen molar-refractivity contribution >= 4 is 62.7 Å². The summed E-state index contributed by atoms with van der Waals surface area (Å²) in [6.45, 7) is 0. The number of halogens is 10. The molecular weight excluding hydrogens is 813 g/mol. The van der Waals surface area contributed by atoms with Crippen molar-refractivity contribution in [3.05, 3.63) is 138 Å². The largest absolute Gasteiger partial charge is 0.477 e. The van der Waals surface area contributed by atoms with Gasteiger partial charge >= 0.3 is 24.5 Å². The number of nitrogens with two attached hydrogens (primary N) is 1. The van der Waals surface area contributed by atoms with E-state index >= 15 is 0 Å². The summed E-state index contributed by atoms with van der Waals surface area (Å²) in [4.78, 5) is 29.7. The molecule has 1 amide bonds. The van der Waals surface area contributed by atoms with Crippen LogP contribution in [-0.2, 0) is 18.5 Å². The number of carboxylic acid groups (broad SMARTS) is 1. The van der Waals surface area contributed by atoms with Gasteiger partial charge in [-0.3, -0.25) is 9.59 Å². The van der Waals surface area contributed by atoms with Gasteiger partial charge < -0.3 is 10.8 Å². The molecule has 6 rings (SSSR count). The number of aromatic carboxylic acids is 1. The average molecular weight is 834 g/mol. The molecule has 282 valence electrons. The monoisotopic (exact) mass is 833 g/mol. The highest BCUT2D eigenvalue weighted by molar-refractivity contribution is 7.16. The van der Waals surface area contributed by atoms with Crippen molar-refractivity contribution in [3.8, 4) is 33.4 Å². The number of carbonyl (C=O) groups excluding carboxylic acids is 2. The number of thiophene rings is 3. The third-order valence-electron chi connectivity index (χ3n) is 6.87. The minimum atomic E-state index is -4.55. The molecule has 0 atom stereocenters. The molecular formula is C36H21ClF9NO4S3. The Morgan fingerprint density at radius 1 is 0.500 bits per heavy atom. The van der Waals surface area contributed by atoms with Gasteiger partial charge in [-0.2, -0.15) is 39.5 Å². The number of hydrogen-bond acceptors (Lipinski definition) is 6. The molecule has 0 radical (unpaired) electrons. The van der Waals surface area contributed by atoms with Crippen LogP contribution in [0.4, 0.5) is 39.5 Å². The summed E-state index contributed by atoms with van der Waals surface area (Å²) in [6.07, 6.45) is -13.5. The van der Waals surface area contributed by atoms with E-state index in [1.165, 1.54) is 24.3 Å². The number of amides is 1. The molecule has 0 saturated carbocycles. The topological polar surface area (TPSA) is 97.5 Å². The summed E-state index contributed by atoms with van der Waals surface area (Å²) in [5, 5.41) is 7.90. The van der Waals surface area contributed by atoms with Crippen LogP contribution in [0.2, 0.25) is 0 Å². The average Bonchev–Trinajstić information content (AvgIpc) is 3.88. The zero-order valence-corrected chi connectivity index (χ0v) is 29.9. The summed E-state index contributed by atoms with van der Waals surface area (Å²) in [5.41, 5.74) is 6.07. The summed E-state index contributed by atoms with van der Waals surface area (Å²) >= 11 is 6.21. The molecule has 3 aromatic heterocycles. The van der Waals surface area contributed by atoms with Crippen molar-refractivity contribution in [2.24, 2.45) is 5.73 Å². The number of rotatable bonds is 6. The Morgan fingerprint density at radius 2 is 0.778 bits per heavy atom. The van der Waals surface area contributed by atoms with Crippen molar-refractivity contribution in [3.63, 3.8) is 0 Å². The van der Waals surface area contributed by atoms with Crippen LogP contribution in [0.25, 0.3) is 33.4 Å². The van der Waals surface area contributed by atoms with Crippen molar-refractivity contribution in [1.29, 1.82) is 0 Å². The molecule has 0 aliphatic heterocycles. The highest BCUT2D eigenvalue weighted by atomic mass is 35.5. The van der Waals surface area contributed by atoms with E-state index in [9.17, 15) is 53.9 Å². The number of carbonyl (C=O) groups is 3. The second-order valence-electron chi connectivity index (χ2n) is 10.6. The molecule has 0 fully saturated rings. The Hall–Kier alpha value is -4.97. The first-order valence-electron chi connectivity index (χ1n) is 14.7. The van der Waals surface area contributed by atoms with Gasteiger partial charge in [-0.15, -0.1) is 34.0 Å². The molecule has 0 unspecified atom stereocenters. The molecule has 0 aliphatic carbocycles. The standard InChI is InChI=1S/C12H6ClF3OS.C12H8F3NOS.C12H7F3O2S/c13-11(17)9-6-8(7-4-2-1-3-5-7)10(18-9)12(14,15)16;2*13-12(14,15)10-8(6-9(18-10)11(16)17)7-4-2-1-3-5-7/h1-6H;1-6H,(H2,16,17);1-6H,(H,16,17). The molecule has 6 aromatic rings. The zero-order valence-electron chi connectivity index (χ0n) is 26.6. The van der Waals surface area contributed by atoms with Gasteiger partial charge in [0.15, 0.2) is 0 Å². The third kappa shape index (κ3) is 10.6. The lowest BCUT2D eigenvalue weighted by molar-refractivity contribution is -0.134. The number of primary amides is 1. The van der Waals surface area contributed by atoms with Crippen LogP contribution >= 0.6 is 45.6 Å². The highest BCUT2D eigenvalue weighted by Gasteiger charge is 2.39. The van der Waals surface area contributed by atoms with E-state index in [0.717, 1.165) is 6.07 Å². The minimum absolute atomic E-state index is 0.0121. The van der Waals surface area contributed by atoms with E-state index in [2.05, 4.69) is 0 Å². The highest BCUT2D eigenvalue weighted by Crippen LogP contribution is 2.45. The predicted molar refractivity (Wildman–Crippen MR) is 190 cm³/mol. The maximum absolute atomic E-state index is 12.9. The lowest BCUT2D eigenvalue weighted by atomic mass is 10.1. The van der Waals surface area contributed by atoms with Crippen LogP contribution in [0.5, 0.6) is 0 Å². The fourth-order valence-electron chi connectivity index (χ4n) is 4.62. The van der Waals surface area contributed by atoms with Gasteiger partial charge in [-0.05, 0) is 46.5 Å². The van der Waals surface area contributed by atoms with Gasteiger partial charge in [0.2, 0.25) is 0 Å². The van der Waals surface area contributed by atoms with E-state index in [1.807, 2.05) is 0 Å². The van der Waals surface area contributed by atoms with Gasteiger partial charge in [-0.1, -0.05) is 91.0 Å². The van der Waals surface area contributed by atoms with Crippen LogP contribution in [-0.4, -0.2) is 22.2 Å². The quantitative estimate of drug-likeness (QED) is 0.129. The van der Waals surface area contributed by atoms with E-state index in [-0.39, 0.29) is 42.7 Å². The van der Waals surface area contributed by atoms with Crippen LogP contribution in [0.3, 0.4) is 0 Å². The van der Waals surface area contributed by atoms with Crippen LogP contribution in [0.15, 0.2) is 109 Å². The molecule has 54 heavy (non-hydrogen) atoms. The van der Waals surface area contributed by atoms with Gasteiger partial charge in [0.1, 0.15) is 19.5 Å². The van der Waals surface area contributed by atoms with Crippen molar-refractivity contribution in [2.75, 3.05) is 0 Å². The summed E-state index contributed by atoms with van der Waals surface area (Å²) < 4.78 is 116. The molecule has 0 bridgehead atoms. The SMILES string of the molecule is NC(=O)c1cc(-c2ccccc2)c(C(F)(F)F)s1.O=C(Cl)c1cc(-c2ccccc2)c(C(F)(F)F)s1.O=C(O)c1cc(-c2ccccc2)c(C(F)(F)F)s1. The molecule has 0 saturated heterocycles. The van der Waals surface area contributed by atoms with Gasteiger partial charge in [0, 0.05) is 16.7 Å². The summed E-state index contributed by atoms with van der Waals surface area (Å²) in [7, 11) is 0. The van der Waals surface area contributed by atoms with Crippen LogP contribution in [0.1, 0.15) is 43.6 Å². The minimum Gasteiger partial charge on any atom is -0.477 e. The lowest BCUT2D eigenvalue weighted by Crippen LogP contribution is -2.08. The second kappa shape index (κ2) is 17.0. The summed E-state index contributed by atoms with van der Waals surface area (Å²) in [6, 6.07) is 27.5. The number of hydrogen-bond donors (Lipinski definition) is 2. The lowest BCUT2D eigenvalue weighted by Gasteiger charge is -2.07. The predicted octanol–water partition coefficient (Wildman–Crippen LogP) is 12.5. The second-order valence-corrected chi connectivity index (χ2v) is 14.1. The van der Waals surface area contributed by atoms with Crippen molar-refractivity contribution in [2.45, 2.75) is 18.5 Å². The summed E-state index contributed by atoms with van der Waals surface area (Å²) in [5.74, 6) is -2.21. The maximum atomic E-state index is 12.9. The normalized spacial score (nSPS) is 11.5. The smallest absolute Gasteiger partial charge is 0.426 e. The van der Waals surface area contributed by atoms with E-state index < -0.39 is 50.3 Å². The number of carboxylic acids is 1. The first kappa shape index (κ1) is 41.8. The van der Waals surface area contributed by atoms with Gasteiger partial charge in [-0.25, -0.2) is 4.79 Å². The molecule has 5 nitrogen and oxygen atoms in total. The Morgan fingerprint density at radius 3 is 1.06 bits per heavy atom. The first-order chi connectivity index (χ1) is 25.2. The van der Waals surface area contributed by atoms with Gasteiger partial charge in [0.05, 0.1) is 9.75 Å². The molecule has 18 heteroatoms. The Kier molecular flexibility index (Phi) is 13.2.